The summed E-state index contributed by atoms with van der Waals surface area (Å²) in [6, 6.07) is 0. The fraction of sp³-hybridized carbons (Fsp3) is 0.889. The summed E-state index contributed by atoms with van der Waals surface area (Å²) in [5, 5.41) is -2.15. The standard InChI is InChI=1S/C9HF21O2S/c10-2(11,1(31)32)3(12,13)4(14,15)5(16,17)6(18,19)7(20,21)8(22,23)9(24,25)33(26,27,28,29)30/h(H,31,32). The Morgan fingerprint density at radius 3 is 0.879 bits per heavy atom. The molecule has 2 nitrogen and oxygen atoms in total. The lowest BCUT2D eigenvalue weighted by atomic mass is 9.89. The number of hydrogen-bond donors (Lipinski definition) is 1. The van der Waals surface area contributed by atoms with E-state index in [1.807, 2.05) is 0 Å². The maximum absolute atomic E-state index is 13.5. The van der Waals surface area contributed by atoms with E-state index in [2.05, 4.69) is 0 Å². The Kier molecular flexibility index (Phi) is 6.00. The zero-order chi connectivity index (χ0) is 28.0. The Morgan fingerprint density at radius 1 is 0.455 bits per heavy atom. The molecule has 202 valence electrons. The minimum Gasteiger partial charge on any atom is -0.477 e. The van der Waals surface area contributed by atoms with E-state index in [1.54, 1.807) is 0 Å². The van der Waals surface area contributed by atoms with Crippen LogP contribution in [-0.4, -0.2) is 57.8 Å². The number of carbonyl (C=O) groups is 1. The van der Waals surface area contributed by atoms with Gasteiger partial charge in [0, 0.05) is 0 Å². The van der Waals surface area contributed by atoms with E-state index in [9.17, 15) is 94.5 Å². The molecule has 0 aliphatic rings. The van der Waals surface area contributed by atoms with Crippen LogP contribution in [0.2, 0.25) is 0 Å². The van der Waals surface area contributed by atoms with Gasteiger partial charge in [-0.05, 0) is 0 Å². The first-order chi connectivity index (χ1) is 13.4. The minimum atomic E-state index is -13.5. The van der Waals surface area contributed by atoms with Gasteiger partial charge in [-0.3, -0.25) is 0 Å². The van der Waals surface area contributed by atoms with E-state index in [0.717, 1.165) is 0 Å². The SMILES string of the molecule is O=C(O)C(F)(F)C(F)(F)C(F)(F)C(F)(F)C(F)(F)C(F)(F)C(F)(F)C(F)(F)S(F)(F)(F)(F)F. The van der Waals surface area contributed by atoms with Gasteiger partial charge in [0.05, 0.1) is 0 Å². The van der Waals surface area contributed by atoms with Crippen molar-refractivity contribution in [1.29, 1.82) is 0 Å². The topological polar surface area (TPSA) is 37.3 Å². The van der Waals surface area contributed by atoms with Crippen LogP contribution in [0.1, 0.15) is 0 Å². The summed E-state index contributed by atoms with van der Waals surface area (Å²) in [4.78, 5) is 9.79. The first-order valence-corrected chi connectivity index (χ1v) is 8.38. The van der Waals surface area contributed by atoms with E-state index < -0.39 is 62.9 Å². The van der Waals surface area contributed by atoms with Crippen LogP contribution in [0.4, 0.5) is 89.7 Å². The summed E-state index contributed by atoms with van der Waals surface area (Å²) in [5.74, 6) is -67.3. The van der Waals surface area contributed by atoms with Crippen molar-refractivity contribution in [2.24, 2.45) is 0 Å². The van der Waals surface area contributed by atoms with Crippen LogP contribution in [0.5, 0.6) is 0 Å². The zero-order valence-electron chi connectivity index (χ0n) is 13.7. The number of aliphatic carboxylic acids is 1. The summed E-state index contributed by atoms with van der Waals surface area (Å²) >= 11 is 0. The first kappa shape index (κ1) is 31.4. The first-order valence-electron chi connectivity index (χ1n) is 6.43. The highest BCUT2D eigenvalue weighted by Gasteiger charge is 3.01. The molecule has 0 amide bonds. The molecule has 0 aromatic carbocycles. The van der Waals surface area contributed by atoms with Gasteiger partial charge in [0.15, 0.2) is 0 Å². The van der Waals surface area contributed by atoms with Gasteiger partial charge in [0.25, 0.3) is 0 Å². The van der Waals surface area contributed by atoms with Crippen LogP contribution >= 0.6 is 10.2 Å². The molecule has 24 heteroatoms. The van der Waals surface area contributed by atoms with Crippen LogP contribution in [0.3, 0.4) is 0 Å². The lowest BCUT2D eigenvalue weighted by molar-refractivity contribution is -0.447. The van der Waals surface area contributed by atoms with Gasteiger partial charge in [0.2, 0.25) is 0 Å². The molecule has 0 aromatic rings. The van der Waals surface area contributed by atoms with Crippen molar-refractivity contribution in [1.82, 2.24) is 0 Å². The molecule has 1 N–H and O–H groups in total. The molecule has 33 heavy (non-hydrogen) atoms. The predicted molar refractivity (Wildman–Crippen MR) is 60.3 cm³/mol. The molecule has 0 bridgehead atoms. The molecule has 0 atom stereocenters. The second-order valence-electron chi connectivity index (χ2n) is 5.81. The number of rotatable bonds is 9. The average Bonchev–Trinajstić information content (AvgIpc) is 2.50. The quantitative estimate of drug-likeness (QED) is 0.293. The monoisotopic (exact) mass is 572 g/mol. The molecule has 0 aliphatic carbocycles. The highest BCUT2D eigenvalue weighted by Crippen LogP contribution is 3.06. The van der Waals surface area contributed by atoms with Gasteiger partial charge in [-0.2, -0.15) is 70.2 Å². The van der Waals surface area contributed by atoms with E-state index in [4.69, 9.17) is 5.11 Å². The van der Waals surface area contributed by atoms with Crippen LogP contribution in [-0.2, 0) is 4.79 Å². The van der Waals surface area contributed by atoms with Crippen molar-refractivity contribution in [2.45, 2.75) is 46.7 Å². The number of carboxylic acids is 1. The second-order valence-corrected chi connectivity index (χ2v) is 8.26. The number of alkyl halides is 16. The third-order valence-corrected chi connectivity index (χ3v) is 4.71. The zero-order valence-corrected chi connectivity index (χ0v) is 14.5. The number of hydrogen-bond acceptors (Lipinski definition) is 1. The van der Waals surface area contributed by atoms with E-state index >= 15 is 0 Å². The Morgan fingerprint density at radius 2 is 0.667 bits per heavy atom. The van der Waals surface area contributed by atoms with Gasteiger partial charge in [0.1, 0.15) is 0 Å². The van der Waals surface area contributed by atoms with Crippen molar-refractivity contribution >= 4 is 16.2 Å². The Labute approximate surface area is 164 Å². The average molecular weight is 572 g/mol. The molecule has 0 aliphatic heterocycles. The molecule has 0 spiro atoms. The highest BCUT2D eigenvalue weighted by molar-refractivity contribution is 8.46. The number of carboxylic acid groups (broad SMARTS) is 1. The van der Waals surface area contributed by atoms with Gasteiger partial charge in [-0.25, -0.2) is 4.79 Å². The molecule has 0 unspecified atom stereocenters. The lowest BCUT2D eigenvalue weighted by Crippen LogP contribution is -2.75. The maximum Gasteiger partial charge on any atom is 0.450 e. The molecular formula is C9HF21O2S. The van der Waals surface area contributed by atoms with Gasteiger partial charge < -0.3 is 5.11 Å². The Balaban J connectivity index is 7.18. The lowest BCUT2D eigenvalue weighted by Gasteiger charge is -2.50. The molecule has 0 radical (unpaired) electrons. The molecule has 0 fully saturated rings. The summed E-state index contributed by atoms with van der Waals surface area (Å²) in [6.45, 7) is 0. The largest absolute Gasteiger partial charge is 0.477 e. The van der Waals surface area contributed by atoms with Crippen molar-refractivity contribution in [3.05, 3.63) is 0 Å². The van der Waals surface area contributed by atoms with Crippen molar-refractivity contribution in [3.8, 4) is 0 Å². The summed E-state index contributed by atoms with van der Waals surface area (Å²) in [6.07, 6.45) is 0. The summed E-state index contributed by atoms with van der Waals surface area (Å²) in [5.41, 5.74) is 0. The van der Waals surface area contributed by atoms with Gasteiger partial charge in [-0.15, -0.1) is 0 Å². The smallest absolute Gasteiger partial charge is 0.450 e. The maximum atomic E-state index is 13.1. The Hall–Kier alpha value is -1.65. The third kappa shape index (κ3) is 3.60. The molecule has 0 aromatic heterocycles. The normalized spacial score (nSPS) is 18.6. The highest BCUT2D eigenvalue weighted by atomic mass is 32.5. The molecule has 0 heterocycles. The minimum absolute atomic E-state index is 4.57. The summed E-state index contributed by atoms with van der Waals surface area (Å²) < 4.78 is 266. The third-order valence-electron chi connectivity index (χ3n) is 3.48. The van der Waals surface area contributed by atoms with E-state index in [1.165, 1.54) is 0 Å². The van der Waals surface area contributed by atoms with Crippen LogP contribution in [0.15, 0.2) is 0 Å². The number of halogens is 21. The molecule has 0 rings (SSSR count). The van der Waals surface area contributed by atoms with Crippen LogP contribution < -0.4 is 0 Å². The van der Waals surface area contributed by atoms with Gasteiger partial charge >= 0.3 is 62.9 Å². The predicted octanol–water partition coefficient (Wildman–Crippen LogP) is 7.41. The summed E-state index contributed by atoms with van der Waals surface area (Å²) in [7, 11) is -13.5. The molecule has 0 saturated heterocycles. The second kappa shape index (κ2) is 6.31. The fourth-order valence-electron chi connectivity index (χ4n) is 1.55. The van der Waals surface area contributed by atoms with Crippen molar-refractivity contribution in [2.75, 3.05) is 0 Å². The van der Waals surface area contributed by atoms with E-state index in [-0.39, 0.29) is 0 Å². The molecular weight excluding hydrogens is 571 g/mol. The van der Waals surface area contributed by atoms with Crippen LogP contribution in [0, 0.1) is 0 Å². The van der Waals surface area contributed by atoms with E-state index in [0.29, 0.717) is 0 Å². The van der Waals surface area contributed by atoms with Crippen molar-refractivity contribution in [3.63, 3.8) is 0 Å². The Bertz CT molecular complexity index is 806. The molecule has 0 saturated carbocycles. The van der Waals surface area contributed by atoms with Crippen LogP contribution in [0.25, 0.3) is 0 Å². The fourth-order valence-corrected chi connectivity index (χ4v) is 2.16. The van der Waals surface area contributed by atoms with Gasteiger partial charge in [-0.1, -0.05) is 19.4 Å². The van der Waals surface area contributed by atoms with Crippen molar-refractivity contribution < 1.29 is 99.6 Å².